The summed E-state index contributed by atoms with van der Waals surface area (Å²) in [5.41, 5.74) is 1.71. The molecule has 1 nitrogen and oxygen atoms in total. The van der Waals surface area contributed by atoms with Crippen LogP contribution in [-0.4, -0.2) is 13.1 Å². The highest BCUT2D eigenvalue weighted by Crippen LogP contribution is 2.30. The van der Waals surface area contributed by atoms with Crippen molar-refractivity contribution >= 4 is 0 Å². The van der Waals surface area contributed by atoms with Crippen molar-refractivity contribution in [2.75, 3.05) is 13.1 Å². The Morgan fingerprint density at radius 1 is 1.40 bits per heavy atom. The van der Waals surface area contributed by atoms with Crippen molar-refractivity contribution in [2.45, 2.75) is 25.7 Å². The third kappa shape index (κ3) is 1.10. The monoisotopic (exact) mass is 136 g/mol. The molecule has 1 aliphatic carbocycles. The molecule has 1 saturated carbocycles. The van der Waals surface area contributed by atoms with Crippen LogP contribution in [0.15, 0.2) is 11.6 Å². The largest absolute Gasteiger partial charge is 0.237 e. The van der Waals surface area contributed by atoms with Gasteiger partial charge in [0.15, 0.2) is 0 Å². The zero-order valence-electron chi connectivity index (χ0n) is 6.34. The third-order valence-corrected chi connectivity index (χ3v) is 2.62. The van der Waals surface area contributed by atoms with E-state index >= 15 is 0 Å². The summed E-state index contributed by atoms with van der Waals surface area (Å²) in [5.74, 6) is 0.850. The summed E-state index contributed by atoms with van der Waals surface area (Å²) in [6, 6.07) is 0. The Morgan fingerprint density at radius 3 is 3.30 bits per heavy atom. The molecule has 0 bridgehead atoms. The lowest BCUT2D eigenvalue weighted by Gasteiger charge is -2.28. The van der Waals surface area contributed by atoms with Crippen LogP contribution in [0.3, 0.4) is 0 Å². The summed E-state index contributed by atoms with van der Waals surface area (Å²) in [6.07, 6.45) is 7.95. The first kappa shape index (κ1) is 6.41. The predicted molar refractivity (Wildman–Crippen MR) is 41.9 cm³/mol. The SMILES string of the molecule is C1=C2CCCCC2C[N]C1. The van der Waals surface area contributed by atoms with Gasteiger partial charge in [-0.1, -0.05) is 18.1 Å². The van der Waals surface area contributed by atoms with Crippen LogP contribution in [0, 0.1) is 5.92 Å². The highest BCUT2D eigenvalue weighted by Gasteiger charge is 2.20. The Kier molecular flexibility index (Phi) is 1.76. The van der Waals surface area contributed by atoms with E-state index in [0.717, 1.165) is 19.0 Å². The van der Waals surface area contributed by atoms with Crippen molar-refractivity contribution < 1.29 is 0 Å². The summed E-state index contributed by atoms with van der Waals surface area (Å²) in [5, 5.41) is 4.39. The quantitative estimate of drug-likeness (QED) is 0.450. The maximum Gasteiger partial charge on any atom is 0.0317 e. The molecule has 1 radical (unpaired) electrons. The molecule has 55 valence electrons. The Hall–Kier alpha value is -0.300. The first-order valence-corrected chi connectivity index (χ1v) is 4.29. The average molecular weight is 136 g/mol. The van der Waals surface area contributed by atoms with Gasteiger partial charge in [0.1, 0.15) is 0 Å². The zero-order valence-corrected chi connectivity index (χ0v) is 6.34. The van der Waals surface area contributed by atoms with Gasteiger partial charge in [-0.2, -0.15) is 0 Å². The van der Waals surface area contributed by atoms with E-state index in [2.05, 4.69) is 11.4 Å². The lowest BCUT2D eigenvalue weighted by Crippen LogP contribution is -2.26. The van der Waals surface area contributed by atoms with Gasteiger partial charge in [-0.25, -0.2) is 5.32 Å². The van der Waals surface area contributed by atoms with Crippen molar-refractivity contribution in [2.24, 2.45) is 5.92 Å². The number of hydrogen-bond donors (Lipinski definition) is 0. The summed E-state index contributed by atoms with van der Waals surface area (Å²) < 4.78 is 0. The molecule has 1 unspecified atom stereocenters. The van der Waals surface area contributed by atoms with E-state index in [1.165, 1.54) is 25.7 Å². The lowest BCUT2D eigenvalue weighted by atomic mass is 9.82. The molecule has 1 atom stereocenters. The maximum atomic E-state index is 4.39. The van der Waals surface area contributed by atoms with E-state index in [9.17, 15) is 0 Å². The van der Waals surface area contributed by atoms with Crippen LogP contribution in [-0.2, 0) is 0 Å². The van der Waals surface area contributed by atoms with Crippen LogP contribution in [0.2, 0.25) is 0 Å². The first-order valence-electron chi connectivity index (χ1n) is 4.29. The van der Waals surface area contributed by atoms with E-state index in [1.54, 1.807) is 5.57 Å². The molecule has 0 spiro atoms. The van der Waals surface area contributed by atoms with E-state index in [1.807, 2.05) is 0 Å². The smallest absolute Gasteiger partial charge is 0.0317 e. The fourth-order valence-electron chi connectivity index (χ4n) is 2.00. The molecule has 0 amide bonds. The minimum atomic E-state index is 0.850. The highest BCUT2D eigenvalue weighted by atomic mass is 14.9. The normalized spacial score (nSPS) is 32.8. The minimum absolute atomic E-state index is 0.850. The highest BCUT2D eigenvalue weighted by molar-refractivity contribution is 5.13. The molecule has 2 aliphatic rings. The van der Waals surface area contributed by atoms with Crippen molar-refractivity contribution in [3.05, 3.63) is 11.6 Å². The molecule has 1 heteroatoms. The van der Waals surface area contributed by atoms with Crippen LogP contribution in [0.4, 0.5) is 0 Å². The molecule has 0 saturated heterocycles. The van der Waals surface area contributed by atoms with Crippen LogP contribution in [0.5, 0.6) is 0 Å². The standard InChI is InChI=1S/C9H14N/c1-2-4-9-7-10-6-5-8(9)3-1/h5,9H,1-4,6-7H2. The molecule has 0 N–H and O–H groups in total. The van der Waals surface area contributed by atoms with Gasteiger partial charge in [-0.15, -0.1) is 0 Å². The molecular formula is C9H14N. The maximum absolute atomic E-state index is 4.39. The molecule has 1 aliphatic heterocycles. The van der Waals surface area contributed by atoms with Gasteiger partial charge in [0.05, 0.1) is 0 Å². The molecule has 0 aromatic carbocycles. The fraction of sp³-hybridized carbons (Fsp3) is 0.778. The van der Waals surface area contributed by atoms with E-state index in [0.29, 0.717) is 0 Å². The van der Waals surface area contributed by atoms with Crippen LogP contribution < -0.4 is 5.32 Å². The van der Waals surface area contributed by atoms with Gasteiger partial charge in [0, 0.05) is 13.1 Å². The second kappa shape index (κ2) is 2.75. The topological polar surface area (TPSA) is 14.1 Å². The molecule has 0 aromatic rings. The second-order valence-electron chi connectivity index (χ2n) is 3.31. The number of rotatable bonds is 0. The Labute approximate surface area is 62.5 Å². The van der Waals surface area contributed by atoms with E-state index in [4.69, 9.17) is 0 Å². The number of nitrogens with zero attached hydrogens (tertiary/aromatic N) is 1. The summed E-state index contributed by atoms with van der Waals surface area (Å²) in [4.78, 5) is 0. The Balaban J connectivity index is 2.08. The molecule has 0 aromatic heterocycles. The molecule has 10 heavy (non-hydrogen) atoms. The van der Waals surface area contributed by atoms with Gasteiger partial charge < -0.3 is 0 Å². The van der Waals surface area contributed by atoms with Crippen molar-refractivity contribution in [1.82, 2.24) is 5.32 Å². The Bertz CT molecular complexity index is 149. The predicted octanol–water partition coefficient (Wildman–Crippen LogP) is 1.72. The van der Waals surface area contributed by atoms with Gasteiger partial charge in [0.2, 0.25) is 0 Å². The van der Waals surface area contributed by atoms with Crippen molar-refractivity contribution in [1.29, 1.82) is 0 Å². The average Bonchev–Trinajstić information content (AvgIpc) is 2.05. The van der Waals surface area contributed by atoms with E-state index < -0.39 is 0 Å². The third-order valence-electron chi connectivity index (χ3n) is 2.62. The fourth-order valence-corrected chi connectivity index (χ4v) is 2.00. The summed E-state index contributed by atoms with van der Waals surface area (Å²) in [7, 11) is 0. The van der Waals surface area contributed by atoms with Crippen molar-refractivity contribution in [3.63, 3.8) is 0 Å². The Morgan fingerprint density at radius 2 is 2.40 bits per heavy atom. The van der Waals surface area contributed by atoms with Gasteiger partial charge in [-0.05, 0) is 25.2 Å². The van der Waals surface area contributed by atoms with Crippen LogP contribution in [0.25, 0.3) is 0 Å². The lowest BCUT2D eigenvalue weighted by molar-refractivity contribution is 0.412. The zero-order chi connectivity index (χ0) is 6.81. The molecule has 2 rings (SSSR count). The number of fused-ring (bicyclic) bond motifs is 1. The first-order chi connectivity index (χ1) is 4.97. The summed E-state index contributed by atoms with van der Waals surface area (Å²) in [6.45, 7) is 2.11. The van der Waals surface area contributed by atoms with E-state index in [-0.39, 0.29) is 0 Å². The molecule has 1 heterocycles. The minimum Gasteiger partial charge on any atom is -0.237 e. The van der Waals surface area contributed by atoms with Gasteiger partial charge in [-0.3, -0.25) is 0 Å². The van der Waals surface area contributed by atoms with Crippen molar-refractivity contribution in [3.8, 4) is 0 Å². The summed E-state index contributed by atoms with van der Waals surface area (Å²) >= 11 is 0. The van der Waals surface area contributed by atoms with Gasteiger partial charge in [0.25, 0.3) is 0 Å². The van der Waals surface area contributed by atoms with Crippen LogP contribution in [0.1, 0.15) is 25.7 Å². The second-order valence-corrected chi connectivity index (χ2v) is 3.31. The molecular weight excluding hydrogens is 122 g/mol. The van der Waals surface area contributed by atoms with Crippen LogP contribution >= 0.6 is 0 Å². The molecule has 1 fully saturated rings. The van der Waals surface area contributed by atoms with Gasteiger partial charge >= 0.3 is 0 Å². The number of hydrogen-bond acceptors (Lipinski definition) is 0.